The zero-order valence-corrected chi connectivity index (χ0v) is 13.4. The standard InChI is InChI=1S/C18H19N3O3/c1-20-11-9-13(12-16(20)22)18(24)21-10-5-8-15(21)17(23)19-14-6-3-2-4-7-14/h2-4,6-7,9,11-12,15H,5,8,10H2,1H3,(H,19,23)/t15-/m1/s1. The molecule has 24 heavy (non-hydrogen) atoms. The van der Waals surface area contributed by atoms with Gasteiger partial charge < -0.3 is 14.8 Å². The Bertz CT molecular complexity index is 814. The number of rotatable bonds is 3. The van der Waals surface area contributed by atoms with Crippen LogP contribution in [-0.4, -0.2) is 33.9 Å². The van der Waals surface area contributed by atoms with E-state index in [1.807, 2.05) is 18.2 Å². The number of hydrogen-bond acceptors (Lipinski definition) is 3. The zero-order chi connectivity index (χ0) is 17.1. The van der Waals surface area contributed by atoms with Gasteiger partial charge in [0.15, 0.2) is 0 Å². The molecule has 6 nitrogen and oxygen atoms in total. The molecule has 6 heteroatoms. The van der Waals surface area contributed by atoms with Crippen LogP contribution in [-0.2, 0) is 11.8 Å². The highest BCUT2D eigenvalue weighted by atomic mass is 16.2. The second-order valence-corrected chi connectivity index (χ2v) is 5.88. The number of anilines is 1. The van der Waals surface area contributed by atoms with Crippen molar-refractivity contribution in [1.29, 1.82) is 0 Å². The molecule has 1 N–H and O–H groups in total. The highest BCUT2D eigenvalue weighted by molar-refractivity contribution is 6.01. The fourth-order valence-corrected chi connectivity index (χ4v) is 2.88. The number of amides is 2. The topological polar surface area (TPSA) is 71.4 Å². The fourth-order valence-electron chi connectivity index (χ4n) is 2.88. The summed E-state index contributed by atoms with van der Waals surface area (Å²) in [5, 5.41) is 2.84. The van der Waals surface area contributed by atoms with Crippen molar-refractivity contribution in [3.8, 4) is 0 Å². The molecule has 124 valence electrons. The number of aromatic nitrogens is 1. The van der Waals surface area contributed by atoms with Gasteiger partial charge in [0, 0.05) is 37.1 Å². The van der Waals surface area contributed by atoms with E-state index < -0.39 is 6.04 Å². The van der Waals surface area contributed by atoms with Crippen LogP contribution in [0.5, 0.6) is 0 Å². The monoisotopic (exact) mass is 325 g/mol. The second kappa shape index (κ2) is 6.70. The first-order chi connectivity index (χ1) is 11.6. The predicted molar refractivity (Wildman–Crippen MR) is 90.8 cm³/mol. The summed E-state index contributed by atoms with van der Waals surface area (Å²) in [6.07, 6.45) is 2.95. The van der Waals surface area contributed by atoms with E-state index in [2.05, 4.69) is 5.32 Å². The molecule has 2 heterocycles. The van der Waals surface area contributed by atoms with E-state index >= 15 is 0 Å². The van der Waals surface area contributed by atoms with E-state index in [4.69, 9.17) is 0 Å². The molecular weight excluding hydrogens is 306 g/mol. The van der Waals surface area contributed by atoms with Gasteiger partial charge in [-0.3, -0.25) is 14.4 Å². The molecule has 0 bridgehead atoms. The van der Waals surface area contributed by atoms with Crippen LogP contribution in [0.4, 0.5) is 5.69 Å². The van der Waals surface area contributed by atoms with Gasteiger partial charge in [0.2, 0.25) is 5.91 Å². The Labute approximate surface area is 139 Å². The van der Waals surface area contributed by atoms with Crippen LogP contribution >= 0.6 is 0 Å². The molecule has 0 aliphatic carbocycles. The maximum Gasteiger partial charge on any atom is 0.254 e. The molecule has 1 atom stereocenters. The summed E-state index contributed by atoms with van der Waals surface area (Å²) in [5.41, 5.74) is 0.776. The van der Waals surface area contributed by atoms with E-state index in [-0.39, 0.29) is 17.4 Å². The molecule has 1 aliphatic heterocycles. The van der Waals surface area contributed by atoms with Crippen molar-refractivity contribution in [3.05, 3.63) is 64.6 Å². The van der Waals surface area contributed by atoms with Crippen molar-refractivity contribution in [1.82, 2.24) is 9.47 Å². The van der Waals surface area contributed by atoms with Crippen LogP contribution in [0.3, 0.4) is 0 Å². The summed E-state index contributed by atoms with van der Waals surface area (Å²) in [6.45, 7) is 0.515. The van der Waals surface area contributed by atoms with Gasteiger partial charge in [0.05, 0.1) is 0 Å². The highest BCUT2D eigenvalue weighted by Gasteiger charge is 2.34. The average molecular weight is 325 g/mol. The number of nitrogens with zero attached hydrogens (tertiary/aromatic N) is 2. The Hall–Kier alpha value is -2.89. The van der Waals surface area contributed by atoms with E-state index in [9.17, 15) is 14.4 Å². The molecule has 2 amide bonds. The quantitative estimate of drug-likeness (QED) is 0.932. The van der Waals surface area contributed by atoms with Gasteiger partial charge in [-0.2, -0.15) is 0 Å². The zero-order valence-electron chi connectivity index (χ0n) is 13.4. The van der Waals surface area contributed by atoms with Crippen molar-refractivity contribution >= 4 is 17.5 Å². The number of carbonyl (C=O) groups is 2. The third-order valence-electron chi connectivity index (χ3n) is 4.21. The lowest BCUT2D eigenvalue weighted by molar-refractivity contribution is -0.119. The van der Waals surface area contributed by atoms with Crippen LogP contribution < -0.4 is 10.9 Å². The fraction of sp³-hybridized carbons (Fsp3) is 0.278. The predicted octanol–water partition coefficient (Wildman–Crippen LogP) is 1.63. The molecule has 1 fully saturated rings. The molecule has 1 aliphatic rings. The molecule has 2 aromatic rings. The number of aryl methyl sites for hydroxylation is 1. The third kappa shape index (κ3) is 3.22. The Morgan fingerprint density at radius 1 is 1.17 bits per heavy atom. The number of likely N-dealkylation sites (tertiary alicyclic amines) is 1. The summed E-state index contributed by atoms with van der Waals surface area (Å²) < 4.78 is 1.40. The third-order valence-corrected chi connectivity index (χ3v) is 4.21. The van der Waals surface area contributed by atoms with Crippen LogP contribution in [0, 0.1) is 0 Å². The Morgan fingerprint density at radius 3 is 2.62 bits per heavy atom. The molecule has 1 aromatic carbocycles. The number of nitrogens with one attached hydrogen (secondary N) is 1. The van der Waals surface area contributed by atoms with Gasteiger partial charge in [-0.15, -0.1) is 0 Å². The minimum atomic E-state index is -0.512. The van der Waals surface area contributed by atoms with Gasteiger partial charge in [-0.05, 0) is 31.0 Å². The number of hydrogen-bond donors (Lipinski definition) is 1. The van der Waals surface area contributed by atoms with Gasteiger partial charge in [0.25, 0.3) is 11.5 Å². The number of benzene rings is 1. The first kappa shape index (κ1) is 16.0. The van der Waals surface area contributed by atoms with Gasteiger partial charge >= 0.3 is 0 Å². The van der Waals surface area contributed by atoms with Crippen molar-refractivity contribution in [2.24, 2.45) is 7.05 Å². The van der Waals surface area contributed by atoms with Gasteiger partial charge in [-0.25, -0.2) is 0 Å². The van der Waals surface area contributed by atoms with Crippen LogP contribution in [0.25, 0.3) is 0 Å². The highest BCUT2D eigenvalue weighted by Crippen LogP contribution is 2.21. The van der Waals surface area contributed by atoms with Gasteiger partial charge in [0.1, 0.15) is 6.04 Å². The second-order valence-electron chi connectivity index (χ2n) is 5.88. The van der Waals surface area contributed by atoms with Gasteiger partial charge in [-0.1, -0.05) is 18.2 Å². The first-order valence-electron chi connectivity index (χ1n) is 7.90. The summed E-state index contributed by atoms with van der Waals surface area (Å²) in [6, 6.07) is 11.6. The van der Waals surface area contributed by atoms with E-state index in [1.54, 1.807) is 36.3 Å². The molecule has 0 spiro atoms. The molecule has 0 radical (unpaired) electrons. The Kier molecular flexibility index (Phi) is 4.46. The molecular formula is C18H19N3O3. The van der Waals surface area contributed by atoms with Crippen molar-refractivity contribution < 1.29 is 9.59 Å². The van der Waals surface area contributed by atoms with Crippen LogP contribution in [0.2, 0.25) is 0 Å². The minimum absolute atomic E-state index is 0.198. The van der Waals surface area contributed by atoms with Crippen molar-refractivity contribution in [3.63, 3.8) is 0 Å². The largest absolute Gasteiger partial charge is 0.327 e. The summed E-state index contributed by atoms with van der Waals surface area (Å²) in [7, 11) is 1.63. The van der Waals surface area contributed by atoms with Crippen molar-refractivity contribution in [2.45, 2.75) is 18.9 Å². The maximum atomic E-state index is 12.7. The lowest BCUT2D eigenvalue weighted by atomic mass is 10.1. The molecule has 1 saturated heterocycles. The summed E-state index contributed by atoms with van der Waals surface area (Å²) in [5.74, 6) is -0.478. The SMILES string of the molecule is Cn1ccc(C(=O)N2CCC[C@@H]2C(=O)Nc2ccccc2)cc1=O. The molecule has 0 unspecified atom stereocenters. The minimum Gasteiger partial charge on any atom is -0.327 e. The van der Waals surface area contributed by atoms with Crippen molar-refractivity contribution in [2.75, 3.05) is 11.9 Å². The number of pyridine rings is 1. The smallest absolute Gasteiger partial charge is 0.254 e. The number of carbonyl (C=O) groups excluding carboxylic acids is 2. The van der Waals surface area contributed by atoms with E-state index in [1.165, 1.54) is 10.6 Å². The Balaban J connectivity index is 1.77. The summed E-state index contributed by atoms with van der Waals surface area (Å²) in [4.78, 5) is 38.5. The maximum absolute atomic E-state index is 12.7. The Morgan fingerprint density at radius 2 is 1.92 bits per heavy atom. The molecule has 1 aromatic heterocycles. The summed E-state index contributed by atoms with van der Waals surface area (Å²) >= 11 is 0. The van der Waals surface area contributed by atoms with Crippen LogP contribution in [0.15, 0.2) is 53.5 Å². The number of para-hydroxylation sites is 1. The first-order valence-corrected chi connectivity index (χ1v) is 7.90. The lowest BCUT2D eigenvalue weighted by Gasteiger charge is -2.24. The molecule has 0 saturated carbocycles. The average Bonchev–Trinajstić information content (AvgIpc) is 3.07. The lowest BCUT2D eigenvalue weighted by Crippen LogP contribution is -2.43. The normalized spacial score (nSPS) is 16.9. The van der Waals surface area contributed by atoms with E-state index in [0.717, 1.165) is 6.42 Å². The molecule has 3 rings (SSSR count). The van der Waals surface area contributed by atoms with E-state index in [0.29, 0.717) is 24.2 Å². The van der Waals surface area contributed by atoms with Crippen LogP contribution in [0.1, 0.15) is 23.2 Å².